The summed E-state index contributed by atoms with van der Waals surface area (Å²) in [7, 11) is 0. The molecular weight excluding hydrogens is 288 g/mol. The summed E-state index contributed by atoms with van der Waals surface area (Å²) in [5, 5.41) is 8.85. The molecule has 0 amide bonds. The Kier molecular flexibility index (Phi) is 5.00. The number of benzene rings is 2. The zero-order chi connectivity index (χ0) is 15.0. The molecule has 0 radical (unpaired) electrons. The number of hydrogen-bond donors (Lipinski definition) is 0. The number of hydrogen-bond acceptors (Lipinski definition) is 3. The Morgan fingerprint density at radius 3 is 1.86 bits per heavy atom. The van der Waals surface area contributed by atoms with E-state index in [1.54, 1.807) is 11.3 Å². The van der Waals surface area contributed by atoms with E-state index in [1.165, 1.54) is 16.0 Å². The molecule has 0 aliphatic carbocycles. The van der Waals surface area contributed by atoms with E-state index in [0.29, 0.717) is 0 Å². The monoisotopic (exact) mass is 306 g/mol. The smallest absolute Gasteiger partial charge is 0.0643 e. The first-order valence-electron chi connectivity index (χ1n) is 7.30. The van der Waals surface area contributed by atoms with Crippen molar-refractivity contribution in [3.63, 3.8) is 0 Å². The van der Waals surface area contributed by atoms with Crippen LogP contribution >= 0.6 is 11.3 Å². The summed E-state index contributed by atoms with van der Waals surface area (Å²) in [6.07, 6.45) is 1.94. The van der Waals surface area contributed by atoms with Gasteiger partial charge < -0.3 is 0 Å². The topological polar surface area (TPSA) is 15.6 Å². The fourth-order valence-corrected chi connectivity index (χ4v) is 2.81. The number of thiophene rings is 1. The van der Waals surface area contributed by atoms with Crippen LogP contribution in [0.5, 0.6) is 0 Å². The summed E-state index contributed by atoms with van der Waals surface area (Å²) in [4.78, 5) is 1.17. The quantitative estimate of drug-likeness (QED) is 0.472. The summed E-state index contributed by atoms with van der Waals surface area (Å²) in [5.41, 5.74) is 2.53. The zero-order valence-electron chi connectivity index (χ0n) is 12.3. The molecule has 0 aliphatic rings. The Morgan fingerprint density at radius 2 is 1.36 bits per heavy atom. The van der Waals surface area contributed by atoms with E-state index in [4.69, 9.17) is 0 Å². The van der Waals surface area contributed by atoms with Crippen LogP contribution in [0.2, 0.25) is 0 Å². The molecule has 0 spiro atoms. The molecule has 2 nitrogen and oxygen atoms in total. The predicted octanol–water partition coefficient (Wildman–Crippen LogP) is 4.78. The van der Waals surface area contributed by atoms with Crippen molar-refractivity contribution in [1.29, 1.82) is 0 Å². The first kappa shape index (κ1) is 14.5. The molecule has 0 fully saturated rings. The van der Waals surface area contributed by atoms with Crippen molar-refractivity contribution < 1.29 is 0 Å². The van der Waals surface area contributed by atoms with Crippen LogP contribution in [-0.4, -0.2) is 11.2 Å². The lowest BCUT2D eigenvalue weighted by Gasteiger charge is -2.19. The molecule has 22 heavy (non-hydrogen) atoms. The Morgan fingerprint density at radius 1 is 0.773 bits per heavy atom. The first-order chi connectivity index (χ1) is 10.9. The molecule has 2 aromatic carbocycles. The third-order valence-corrected chi connectivity index (χ3v) is 4.11. The van der Waals surface area contributed by atoms with Crippen LogP contribution in [0, 0.1) is 0 Å². The highest BCUT2D eigenvalue weighted by Gasteiger charge is 2.04. The van der Waals surface area contributed by atoms with E-state index < -0.39 is 0 Å². The first-order valence-corrected chi connectivity index (χ1v) is 8.18. The second kappa shape index (κ2) is 7.57. The van der Waals surface area contributed by atoms with Crippen molar-refractivity contribution in [1.82, 2.24) is 5.01 Å². The Hall–Kier alpha value is -2.39. The highest BCUT2D eigenvalue weighted by atomic mass is 32.1. The molecule has 0 N–H and O–H groups in total. The van der Waals surface area contributed by atoms with E-state index in [0.717, 1.165) is 13.1 Å². The predicted molar refractivity (Wildman–Crippen MR) is 94.0 cm³/mol. The van der Waals surface area contributed by atoms with Gasteiger partial charge in [0.2, 0.25) is 0 Å². The summed E-state index contributed by atoms with van der Waals surface area (Å²) in [5.74, 6) is 0. The van der Waals surface area contributed by atoms with Gasteiger partial charge in [0.1, 0.15) is 0 Å². The highest BCUT2D eigenvalue weighted by Crippen LogP contribution is 2.11. The highest BCUT2D eigenvalue weighted by molar-refractivity contribution is 7.11. The van der Waals surface area contributed by atoms with Crippen LogP contribution in [0.15, 0.2) is 83.3 Å². The van der Waals surface area contributed by atoms with Gasteiger partial charge in [-0.15, -0.1) is 11.3 Å². The van der Waals surface area contributed by atoms with Gasteiger partial charge in [-0.1, -0.05) is 66.7 Å². The van der Waals surface area contributed by atoms with Crippen molar-refractivity contribution >= 4 is 17.6 Å². The molecule has 1 aromatic heterocycles. The lowest BCUT2D eigenvalue weighted by molar-refractivity contribution is 0.272. The van der Waals surface area contributed by atoms with Crippen molar-refractivity contribution in [2.45, 2.75) is 13.1 Å². The fourth-order valence-electron chi connectivity index (χ4n) is 2.23. The standard InChI is InChI=1S/C19H18N2S/c1-3-8-17(9-4-1)15-21(16-18-10-5-2-6-11-18)20-14-19-12-7-13-22-19/h1-14H,15-16H2. The molecule has 0 aliphatic heterocycles. The van der Waals surface area contributed by atoms with Crippen molar-refractivity contribution in [2.24, 2.45) is 5.10 Å². The maximum atomic E-state index is 4.68. The molecular formula is C19H18N2S. The largest absolute Gasteiger partial charge is 0.288 e. The average Bonchev–Trinajstić information content (AvgIpc) is 3.08. The zero-order valence-corrected chi connectivity index (χ0v) is 13.1. The van der Waals surface area contributed by atoms with Gasteiger partial charge in [-0.3, -0.25) is 5.01 Å². The molecule has 3 aromatic rings. The Balaban J connectivity index is 1.75. The van der Waals surface area contributed by atoms with Crippen LogP contribution in [-0.2, 0) is 13.1 Å². The maximum Gasteiger partial charge on any atom is 0.0643 e. The minimum absolute atomic E-state index is 0.803. The van der Waals surface area contributed by atoms with Crippen LogP contribution in [0.25, 0.3) is 0 Å². The van der Waals surface area contributed by atoms with E-state index in [2.05, 4.69) is 70.1 Å². The number of nitrogens with zero attached hydrogens (tertiary/aromatic N) is 2. The second-order valence-corrected chi connectivity index (χ2v) is 6.03. The van der Waals surface area contributed by atoms with Gasteiger partial charge in [0.25, 0.3) is 0 Å². The molecule has 110 valence electrons. The number of rotatable bonds is 6. The summed E-state index contributed by atoms with van der Waals surface area (Å²) < 4.78 is 0. The summed E-state index contributed by atoms with van der Waals surface area (Å²) in [6, 6.07) is 25.0. The van der Waals surface area contributed by atoms with Gasteiger partial charge >= 0.3 is 0 Å². The van der Waals surface area contributed by atoms with Crippen LogP contribution in [0.3, 0.4) is 0 Å². The van der Waals surface area contributed by atoms with E-state index >= 15 is 0 Å². The lowest BCUT2D eigenvalue weighted by Crippen LogP contribution is -2.16. The third-order valence-electron chi connectivity index (χ3n) is 3.31. The normalized spacial score (nSPS) is 10.9. The van der Waals surface area contributed by atoms with Gasteiger partial charge in [0, 0.05) is 4.88 Å². The molecule has 0 atom stereocenters. The minimum atomic E-state index is 0.803. The molecule has 3 heteroatoms. The Labute approximate surface area is 135 Å². The van der Waals surface area contributed by atoms with Crippen molar-refractivity contribution in [3.8, 4) is 0 Å². The van der Waals surface area contributed by atoms with Crippen molar-refractivity contribution in [2.75, 3.05) is 0 Å². The van der Waals surface area contributed by atoms with Gasteiger partial charge in [-0.25, -0.2) is 0 Å². The van der Waals surface area contributed by atoms with Gasteiger partial charge in [-0.2, -0.15) is 5.10 Å². The molecule has 3 rings (SSSR count). The molecule has 0 unspecified atom stereocenters. The molecule has 1 heterocycles. The van der Waals surface area contributed by atoms with Crippen LogP contribution < -0.4 is 0 Å². The van der Waals surface area contributed by atoms with E-state index in [-0.39, 0.29) is 0 Å². The third kappa shape index (κ3) is 4.30. The Bertz CT molecular complexity index is 649. The van der Waals surface area contributed by atoms with E-state index in [9.17, 15) is 0 Å². The van der Waals surface area contributed by atoms with E-state index in [1.807, 2.05) is 24.4 Å². The second-order valence-electron chi connectivity index (χ2n) is 5.05. The van der Waals surface area contributed by atoms with Crippen LogP contribution in [0.1, 0.15) is 16.0 Å². The van der Waals surface area contributed by atoms with Crippen molar-refractivity contribution in [3.05, 3.63) is 94.2 Å². The van der Waals surface area contributed by atoms with Crippen LogP contribution in [0.4, 0.5) is 0 Å². The lowest BCUT2D eigenvalue weighted by atomic mass is 10.2. The van der Waals surface area contributed by atoms with Gasteiger partial charge in [-0.05, 0) is 22.6 Å². The SMILES string of the molecule is C(=NN(Cc1ccccc1)Cc1ccccc1)c1cccs1. The molecule has 0 bridgehead atoms. The maximum absolute atomic E-state index is 4.68. The summed E-state index contributed by atoms with van der Waals surface area (Å²) >= 11 is 1.70. The average molecular weight is 306 g/mol. The van der Waals surface area contributed by atoms with Gasteiger partial charge in [0.15, 0.2) is 0 Å². The molecule has 0 saturated carbocycles. The summed E-state index contributed by atoms with van der Waals surface area (Å²) in [6.45, 7) is 1.61. The fraction of sp³-hybridized carbons (Fsp3) is 0.105. The van der Waals surface area contributed by atoms with Gasteiger partial charge in [0.05, 0.1) is 19.3 Å². The molecule has 0 saturated heterocycles. The number of hydrazone groups is 1. The minimum Gasteiger partial charge on any atom is -0.288 e.